The molecule has 0 aliphatic heterocycles. The standard InChI is InChI=1S/C14H23N3O4.Na/c15-6-7-16-8-9-21-17(13(11-18)14(19)20)10-12-4-2-1-3-5-12;/h1-5,13,16,18H,6-11,15H2,(H,19,20);/q;+1/p-1/t13-;/m0./s1. The third-order valence-electron chi connectivity index (χ3n) is 2.83. The number of aliphatic hydroxyl groups is 1. The summed E-state index contributed by atoms with van der Waals surface area (Å²) >= 11 is 0. The van der Waals surface area contributed by atoms with Crippen molar-refractivity contribution in [1.29, 1.82) is 0 Å². The molecule has 0 unspecified atom stereocenters. The molecule has 1 aromatic rings. The maximum Gasteiger partial charge on any atom is 1.00 e. The first-order valence-corrected chi connectivity index (χ1v) is 6.85. The van der Waals surface area contributed by atoms with Gasteiger partial charge in [-0.15, -0.1) is 0 Å². The van der Waals surface area contributed by atoms with E-state index in [4.69, 9.17) is 10.6 Å². The van der Waals surface area contributed by atoms with Gasteiger partial charge in [0.2, 0.25) is 0 Å². The van der Waals surface area contributed by atoms with Crippen molar-refractivity contribution in [3.8, 4) is 0 Å². The molecule has 0 spiro atoms. The molecule has 0 fully saturated rings. The van der Waals surface area contributed by atoms with Gasteiger partial charge in [-0.3, -0.25) is 4.84 Å². The zero-order valence-corrected chi connectivity index (χ0v) is 14.9. The fraction of sp³-hybridized carbons (Fsp3) is 0.500. The van der Waals surface area contributed by atoms with Crippen molar-refractivity contribution in [2.75, 3.05) is 32.8 Å². The number of nitrogens with one attached hydrogen (secondary N) is 1. The van der Waals surface area contributed by atoms with E-state index in [0.29, 0.717) is 19.6 Å². The Morgan fingerprint density at radius 1 is 1.36 bits per heavy atom. The maximum atomic E-state index is 11.1. The van der Waals surface area contributed by atoms with Crippen molar-refractivity contribution >= 4 is 5.97 Å². The van der Waals surface area contributed by atoms with Crippen LogP contribution in [0.1, 0.15) is 5.56 Å². The SMILES string of the molecule is NCCNCCON(Cc1ccccc1)[C@@H](CO)C(=O)[O-].[Na+]. The van der Waals surface area contributed by atoms with Crippen LogP contribution in [-0.2, 0) is 16.2 Å². The smallest absolute Gasteiger partial charge is 0.548 e. The number of carboxylic acids is 1. The molecule has 0 saturated heterocycles. The zero-order valence-electron chi connectivity index (χ0n) is 12.9. The Hall–Kier alpha value is -0.510. The molecule has 0 aliphatic carbocycles. The summed E-state index contributed by atoms with van der Waals surface area (Å²) in [5, 5.41) is 24.6. The van der Waals surface area contributed by atoms with Crippen LogP contribution in [0.3, 0.4) is 0 Å². The van der Waals surface area contributed by atoms with Crippen LogP contribution in [0.4, 0.5) is 0 Å². The zero-order chi connectivity index (χ0) is 15.5. The van der Waals surface area contributed by atoms with E-state index in [1.807, 2.05) is 30.3 Å². The van der Waals surface area contributed by atoms with Crippen LogP contribution in [0.2, 0.25) is 0 Å². The second kappa shape index (κ2) is 13.0. The molecule has 1 atom stereocenters. The summed E-state index contributed by atoms with van der Waals surface area (Å²) in [4.78, 5) is 16.5. The number of rotatable bonds is 11. The Morgan fingerprint density at radius 2 is 2.05 bits per heavy atom. The monoisotopic (exact) mass is 319 g/mol. The first-order valence-electron chi connectivity index (χ1n) is 6.85. The fourth-order valence-electron chi connectivity index (χ4n) is 1.75. The predicted molar refractivity (Wildman–Crippen MR) is 75.7 cm³/mol. The Bertz CT molecular complexity index is 408. The number of aliphatic carboxylic acids is 1. The Balaban J connectivity index is 0.00000441. The van der Waals surface area contributed by atoms with Crippen LogP contribution in [0.25, 0.3) is 0 Å². The van der Waals surface area contributed by atoms with Crippen molar-refractivity contribution in [2.24, 2.45) is 5.73 Å². The quantitative estimate of drug-likeness (QED) is 0.213. The number of carbonyl (C=O) groups is 1. The second-order valence-corrected chi connectivity index (χ2v) is 4.45. The van der Waals surface area contributed by atoms with Gasteiger partial charge < -0.3 is 26.1 Å². The minimum atomic E-state index is -1.37. The summed E-state index contributed by atoms with van der Waals surface area (Å²) in [5.74, 6) is -1.37. The first kappa shape index (κ1) is 21.5. The molecule has 0 radical (unpaired) electrons. The summed E-state index contributed by atoms with van der Waals surface area (Å²) in [6, 6.07) is 8.07. The molecule has 0 aromatic heterocycles. The van der Waals surface area contributed by atoms with Gasteiger partial charge in [0.15, 0.2) is 0 Å². The van der Waals surface area contributed by atoms with Crippen LogP contribution in [0.15, 0.2) is 30.3 Å². The Labute approximate surface area is 152 Å². The van der Waals surface area contributed by atoms with E-state index < -0.39 is 18.6 Å². The Kier molecular flexibility index (Phi) is 12.7. The average Bonchev–Trinajstić information content (AvgIpc) is 2.48. The van der Waals surface area contributed by atoms with Crippen LogP contribution in [0, 0.1) is 0 Å². The van der Waals surface area contributed by atoms with Crippen LogP contribution in [-0.4, -0.2) is 55.0 Å². The molecule has 1 rings (SSSR count). The van der Waals surface area contributed by atoms with Crippen molar-refractivity contribution in [2.45, 2.75) is 12.6 Å². The number of benzene rings is 1. The topological polar surface area (TPSA) is 111 Å². The normalized spacial score (nSPS) is 12.0. The van der Waals surface area contributed by atoms with E-state index in [1.54, 1.807) is 0 Å². The first-order chi connectivity index (χ1) is 10.2. The van der Waals surface area contributed by atoms with E-state index in [2.05, 4.69) is 5.32 Å². The van der Waals surface area contributed by atoms with Gasteiger partial charge in [-0.25, -0.2) is 0 Å². The number of hydrogen-bond acceptors (Lipinski definition) is 7. The summed E-state index contributed by atoms with van der Waals surface area (Å²) in [5.41, 5.74) is 6.23. The average molecular weight is 319 g/mol. The molecule has 0 amide bonds. The van der Waals surface area contributed by atoms with Crippen molar-refractivity contribution in [1.82, 2.24) is 10.4 Å². The molecule has 0 bridgehead atoms. The van der Waals surface area contributed by atoms with Gasteiger partial charge in [-0.1, -0.05) is 30.3 Å². The number of aliphatic hydroxyl groups excluding tert-OH is 1. The van der Waals surface area contributed by atoms with Gasteiger partial charge in [0.1, 0.15) is 0 Å². The largest absolute Gasteiger partial charge is 1.00 e. The molecule has 1 aromatic carbocycles. The molecule has 0 saturated carbocycles. The Morgan fingerprint density at radius 3 is 2.59 bits per heavy atom. The summed E-state index contributed by atoms with van der Waals surface area (Å²) in [6.45, 7) is 1.66. The third-order valence-corrected chi connectivity index (χ3v) is 2.83. The van der Waals surface area contributed by atoms with Crippen LogP contribution < -0.4 is 45.7 Å². The predicted octanol–water partition coefficient (Wildman–Crippen LogP) is -4.92. The number of carbonyl (C=O) groups excluding carboxylic acids is 1. The third kappa shape index (κ3) is 8.21. The van der Waals surface area contributed by atoms with E-state index >= 15 is 0 Å². The van der Waals surface area contributed by atoms with Gasteiger partial charge in [-0.2, -0.15) is 5.06 Å². The van der Waals surface area contributed by atoms with Crippen LogP contribution in [0.5, 0.6) is 0 Å². The van der Waals surface area contributed by atoms with Gasteiger partial charge in [0.25, 0.3) is 0 Å². The van der Waals surface area contributed by atoms with Gasteiger partial charge in [0, 0.05) is 26.2 Å². The minimum Gasteiger partial charge on any atom is -0.548 e. The van der Waals surface area contributed by atoms with E-state index in [1.165, 1.54) is 5.06 Å². The molecular weight excluding hydrogens is 297 g/mol. The molecular formula is C14H22N3NaO4. The van der Waals surface area contributed by atoms with Crippen molar-refractivity contribution in [3.63, 3.8) is 0 Å². The second-order valence-electron chi connectivity index (χ2n) is 4.45. The van der Waals surface area contributed by atoms with E-state index in [0.717, 1.165) is 5.56 Å². The number of nitrogens with zero attached hydrogens (tertiary/aromatic N) is 1. The molecule has 22 heavy (non-hydrogen) atoms. The fourth-order valence-corrected chi connectivity index (χ4v) is 1.75. The maximum absolute atomic E-state index is 11.1. The van der Waals surface area contributed by atoms with Gasteiger partial charge in [0.05, 0.1) is 25.2 Å². The number of nitrogens with two attached hydrogens (primary N) is 1. The molecule has 7 nitrogen and oxygen atoms in total. The molecule has 118 valence electrons. The number of hydroxylamine groups is 2. The van der Waals surface area contributed by atoms with Crippen molar-refractivity contribution < 1.29 is 49.4 Å². The number of carboxylic acid groups (broad SMARTS) is 1. The minimum absolute atomic E-state index is 0. The summed E-state index contributed by atoms with van der Waals surface area (Å²) in [7, 11) is 0. The van der Waals surface area contributed by atoms with E-state index in [9.17, 15) is 15.0 Å². The van der Waals surface area contributed by atoms with Gasteiger partial charge >= 0.3 is 29.6 Å². The van der Waals surface area contributed by atoms with Gasteiger partial charge in [-0.05, 0) is 5.56 Å². The molecule has 0 aliphatic rings. The van der Waals surface area contributed by atoms with Crippen molar-refractivity contribution in [3.05, 3.63) is 35.9 Å². The summed E-state index contributed by atoms with van der Waals surface area (Å²) < 4.78 is 0. The van der Waals surface area contributed by atoms with E-state index in [-0.39, 0.29) is 42.7 Å². The molecule has 4 N–H and O–H groups in total. The molecule has 0 heterocycles. The molecule has 8 heteroatoms. The number of hydrogen-bond donors (Lipinski definition) is 3. The summed E-state index contributed by atoms with van der Waals surface area (Å²) in [6.07, 6.45) is 0. The van der Waals surface area contributed by atoms with Crippen LogP contribution >= 0.6 is 0 Å².